The van der Waals surface area contributed by atoms with Gasteiger partial charge >= 0.3 is 0 Å². The number of hydrogen-bond acceptors (Lipinski definition) is 5. The van der Waals surface area contributed by atoms with E-state index in [4.69, 9.17) is 9.57 Å². The highest BCUT2D eigenvalue weighted by Gasteiger charge is 2.26. The summed E-state index contributed by atoms with van der Waals surface area (Å²) in [6.07, 6.45) is 1.31. The highest BCUT2D eigenvalue weighted by atomic mass is 19.1. The second-order valence-electron chi connectivity index (χ2n) is 7.28. The Bertz CT molecular complexity index is 841. The van der Waals surface area contributed by atoms with Gasteiger partial charge in [0.05, 0.1) is 25.0 Å². The number of aliphatic hydroxyl groups excluding tert-OH is 1. The fourth-order valence-corrected chi connectivity index (χ4v) is 3.32. The smallest absolute Gasteiger partial charge is 0.145 e. The molecule has 2 aromatic carbocycles. The molecule has 3 rings (SSSR count). The molecule has 1 N–H and O–H groups in total. The Morgan fingerprint density at radius 3 is 2.50 bits per heavy atom. The maximum Gasteiger partial charge on any atom is 0.145 e. The minimum Gasteiger partial charge on any atom is -0.390 e. The van der Waals surface area contributed by atoms with Crippen molar-refractivity contribution in [2.45, 2.75) is 25.2 Å². The Hall–Kier alpha value is -2.61. The van der Waals surface area contributed by atoms with Crippen molar-refractivity contribution >= 4 is 5.71 Å². The predicted octanol–water partition coefficient (Wildman–Crippen LogP) is 3.52. The second kappa shape index (κ2) is 11.0. The number of nitrogens with zero attached hydrogens (tertiary/aromatic N) is 2. The van der Waals surface area contributed by atoms with Crippen LogP contribution in [0.1, 0.15) is 17.5 Å². The van der Waals surface area contributed by atoms with E-state index in [0.717, 1.165) is 16.8 Å². The highest BCUT2D eigenvalue weighted by molar-refractivity contribution is 6.01. The lowest BCUT2D eigenvalue weighted by atomic mass is 10.0. The Morgan fingerprint density at radius 2 is 1.83 bits per heavy atom. The van der Waals surface area contributed by atoms with Gasteiger partial charge in [-0.25, -0.2) is 8.78 Å². The van der Waals surface area contributed by atoms with Gasteiger partial charge in [-0.2, -0.15) is 0 Å². The molecule has 0 spiro atoms. The third-order valence-electron chi connectivity index (χ3n) is 4.71. The first-order valence-electron chi connectivity index (χ1n) is 9.85. The van der Waals surface area contributed by atoms with Crippen LogP contribution in [-0.2, 0) is 16.1 Å². The number of benzene rings is 2. The molecule has 1 heterocycles. The molecule has 5 nitrogen and oxygen atoms in total. The van der Waals surface area contributed by atoms with E-state index in [0.29, 0.717) is 32.7 Å². The van der Waals surface area contributed by atoms with E-state index in [2.05, 4.69) is 11.7 Å². The van der Waals surface area contributed by atoms with Crippen molar-refractivity contribution in [2.75, 3.05) is 26.3 Å². The summed E-state index contributed by atoms with van der Waals surface area (Å²) in [6, 6.07) is 12.4. The van der Waals surface area contributed by atoms with Crippen LogP contribution in [0.25, 0.3) is 0 Å². The third-order valence-corrected chi connectivity index (χ3v) is 4.71. The first-order chi connectivity index (χ1) is 14.5. The number of ether oxygens (including phenoxy) is 1. The number of halogens is 2. The normalized spacial score (nSPS) is 16.9. The van der Waals surface area contributed by atoms with E-state index in [9.17, 15) is 13.9 Å². The van der Waals surface area contributed by atoms with Gasteiger partial charge < -0.3 is 14.7 Å². The molecule has 0 saturated carbocycles. The zero-order valence-electron chi connectivity index (χ0n) is 16.7. The molecule has 0 radical (unpaired) electrons. The van der Waals surface area contributed by atoms with E-state index in [1.807, 2.05) is 4.90 Å². The lowest BCUT2D eigenvalue weighted by Crippen LogP contribution is -2.39. The molecule has 160 valence electrons. The van der Waals surface area contributed by atoms with Crippen molar-refractivity contribution in [1.29, 1.82) is 0 Å². The molecule has 30 heavy (non-hydrogen) atoms. The van der Waals surface area contributed by atoms with Crippen LogP contribution in [0.15, 0.2) is 66.3 Å². The van der Waals surface area contributed by atoms with Crippen LogP contribution in [-0.4, -0.2) is 54.2 Å². The Morgan fingerprint density at radius 1 is 1.17 bits per heavy atom. The largest absolute Gasteiger partial charge is 0.390 e. The van der Waals surface area contributed by atoms with E-state index >= 15 is 0 Å². The van der Waals surface area contributed by atoms with Gasteiger partial charge in [0.15, 0.2) is 0 Å². The molecule has 1 aliphatic rings. The van der Waals surface area contributed by atoms with E-state index < -0.39 is 6.10 Å². The molecule has 0 unspecified atom stereocenters. The molecule has 0 amide bonds. The van der Waals surface area contributed by atoms with Crippen molar-refractivity contribution in [2.24, 2.45) is 5.16 Å². The van der Waals surface area contributed by atoms with Crippen LogP contribution in [0.3, 0.4) is 0 Å². The fraction of sp³-hybridized carbons (Fsp3) is 0.348. The van der Waals surface area contributed by atoms with Crippen LogP contribution < -0.4 is 0 Å². The van der Waals surface area contributed by atoms with Gasteiger partial charge in [-0.05, 0) is 35.4 Å². The fourth-order valence-electron chi connectivity index (χ4n) is 3.32. The van der Waals surface area contributed by atoms with Crippen LogP contribution in [0.5, 0.6) is 0 Å². The number of rotatable bonds is 11. The summed E-state index contributed by atoms with van der Waals surface area (Å²) < 4.78 is 31.7. The Kier molecular flexibility index (Phi) is 8.07. The summed E-state index contributed by atoms with van der Waals surface area (Å²) in [5.41, 5.74) is 2.51. The maximum atomic E-state index is 13.2. The van der Waals surface area contributed by atoms with E-state index in [1.54, 1.807) is 30.3 Å². The predicted molar refractivity (Wildman–Crippen MR) is 111 cm³/mol. The molecule has 0 fully saturated rings. The number of aliphatic hydroxyl groups is 1. The number of oxime groups is 1. The van der Waals surface area contributed by atoms with Gasteiger partial charge in [0.2, 0.25) is 0 Å². The van der Waals surface area contributed by atoms with Crippen molar-refractivity contribution < 1.29 is 23.5 Å². The summed E-state index contributed by atoms with van der Waals surface area (Å²) in [4.78, 5) is 7.61. The molecular formula is C23H26F2N2O3. The first kappa shape index (κ1) is 22.1. The van der Waals surface area contributed by atoms with Gasteiger partial charge in [0.1, 0.15) is 17.7 Å². The van der Waals surface area contributed by atoms with E-state index in [1.165, 1.54) is 24.3 Å². The van der Waals surface area contributed by atoms with Gasteiger partial charge in [-0.3, -0.25) is 4.90 Å². The molecule has 0 aliphatic carbocycles. The molecule has 1 aliphatic heterocycles. The highest BCUT2D eigenvalue weighted by Crippen LogP contribution is 2.19. The van der Waals surface area contributed by atoms with Gasteiger partial charge in [0, 0.05) is 26.1 Å². The summed E-state index contributed by atoms with van der Waals surface area (Å²) in [7, 11) is 0. The maximum absolute atomic E-state index is 13.2. The van der Waals surface area contributed by atoms with Crippen molar-refractivity contribution in [3.8, 4) is 0 Å². The summed E-state index contributed by atoms with van der Waals surface area (Å²) in [5, 5.41) is 14.5. The SMILES string of the molecule is C=CCOC[C@@H](O)CN(Cc1ccc(F)cc1)C[C@H]1CC(c2ccc(F)cc2)=NO1. The van der Waals surface area contributed by atoms with Crippen LogP contribution in [0, 0.1) is 11.6 Å². The average Bonchev–Trinajstić information content (AvgIpc) is 3.19. The zero-order valence-corrected chi connectivity index (χ0v) is 16.7. The van der Waals surface area contributed by atoms with E-state index in [-0.39, 0.29) is 24.3 Å². The lowest BCUT2D eigenvalue weighted by molar-refractivity contribution is 0.00335. The molecule has 2 aromatic rings. The van der Waals surface area contributed by atoms with Gasteiger partial charge in [-0.1, -0.05) is 35.5 Å². The third kappa shape index (κ3) is 6.73. The molecule has 0 bridgehead atoms. The quantitative estimate of drug-likeness (QED) is 0.450. The summed E-state index contributed by atoms with van der Waals surface area (Å²) in [5.74, 6) is -0.590. The number of hydrogen-bond donors (Lipinski definition) is 1. The lowest BCUT2D eigenvalue weighted by Gasteiger charge is -2.27. The molecule has 7 heteroatoms. The summed E-state index contributed by atoms with van der Waals surface area (Å²) >= 11 is 0. The summed E-state index contributed by atoms with van der Waals surface area (Å²) in [6.45, 7) is 5.55. The Balaban J connectivity index is 1.60. The van der Waals surface area contributed by atoms with Gasteiger partial charge in [0.25, 0.3) is 0 Å². The topological polar surface area (TPSA) is 54.3 Å². The minimum atomic E-state index is -0.690. The standard InChI is InChI=1S/C23H26F2N2O3/c1-2-11-29-16-21(28)14-27(13-17-3-7-19(24)8-4-17)15-22-12-23(26-30-22)18-5-9-20(25)10-6-18/h2-10,21-22,28H,1,11-16H2/t21-,22+/m0/s1. The van der Waals surface area contributed by atoms with Crippen molar-refractivity contribution in [3.63, 3.8) is 0 Å². The van der Waals surface area contributed by atoms with Gasteiger partial charge in [-0.15, -0.1) is 6.58 Å². The first-order valence-corrected chi connectivity index (χ1v) is 9.85. The van der Waals surface area contributed by atoms with Crippen LogP contribution in [0.4, 0.5) is 8.78 Å². The molecule has 2 atom stereocenters. The van der Waals surface area contributed by atoms with Crippen molar-refractivity contribution in [3.05, 3.63) is 83.9 Å². The van der Waals surface area contributed by atoms with Crippen molar-refractivity contribution in [1.82, 2.24) is 4.90 Å². The zero-order chi connectivity index (χ0) is 21.3. The molecule has 0 aromatic heterocycles. The Labute approximate surface area is 175 Å². The minimum absolute atomic E-state index is 0.189. The van der Waals surface area contributed by atoms with Crippen LogP contribution in [0.2, 0.25) is 0 Å². The molecular weight excluding hydrogens is 390 g/mol. The molecule has 0 saturated heterocycles. The average molecular weight is 416 g/mol. The second-order valence-corrected chi connectivity index (χ2v) is 7.28. The monoisotopic (exact) mass is 416 g/mol. The van der Waals surface area contributed by atoms with Crippen LogP contribution >= 0.6 is 0 Å².